The molecule has 4 heteroatoms. The van der Waals surface area contributed by atoms with Crippen LogP contribution in [0.5, 0.6) is 0 Å². The van der Waals surface area contributed by atoms with Crippen LogP contribution in [0, 0.1) is 0 Å². The van der Waals surface area contributed by atoms with Gasteiger partial charge in [-0.25, -0.2) is 0 Å². The predicted octanol–water partition coefficient (Wildman–Crippen LogP) is 4.88. The summed E-state index contributed by atoms with van der Waals surface area (Å²) >= 11 is 11.1. The smallest absolute Gasteiger partial charge is 0.0406 e. The molecule has 0 bridgehead atoms. The van der Waals surface area contributed by atoms with Crippen molar-refractivity contribution in [1.29, 1.82) is 0 Å². The van der Waals surface area contributed by atoms with Crippen LogP contribution in [0.3, 0.4) is 0 Å². The van der Waals surface area contributed by atoms with Gasteiger partial charge in [0.2, 0.25) is 0 Å². The number of nitrogens with one attached hydrogen (secondary N) is 1. The maximum absolute atomic E-state index is 5.87. The van der Waals surface area contributed by atoms with E-state index in [9.17, 15) is 0 Å². The molecule has 1 aromatic heterocycles. The van der Waals surface area contributed by atoms with E-state index in [1.54, 1.807) is 11.3 Å². The third-order valence-corrected chi connectivity index (χ3v) is 4.65. The van der Waals surface area contributed by atoms with Crippen LogP contribution in [0.25, 0.3) is 0 Å². The van der Waals surface area contributed by atoms with Crippen molar-refractivity contribution < 1.29 is 0 Å². The quantitative estimate of drug-likeness (QED) is 0.814. The highest BCUT2D eigenvalue weighted by molar-refractivity contribution is 9.10. The molecular weight excluding hydrogens is 330 g/mol. The van der Waals surface area contributed by atoms with E-state index in [-0.39, 0.29) is 0 Å². The Labute approximate surface area is 125 Å². The zero-order valence-electron chi connectivity index (χ0n) is 10.1. The topological polar surface area (TPSA) is 12.0 Å². The second-order valence-corrected chi connectivity index (χ2v) is 6.69. The van der Waals surface area contributed by atoms with Crippen molar-refractivity contribution in [3.05, 3.63) is 55.6 Å². The lowest BCUT2D eigenvalue weighted by Crippen LogP contribution is -2.27. The number of hydrogen-bond donors (Lipinski definition) is 1. The molecule has 0 spiro atoms. The SMILES string of the molecule is CC(Cc1ccc(Cl)cc1)NCc1cc(Br)cs1. The van der Waals surface area contributed by atoms with E-state index in [1.165, 1.54) is 10.4 Å². The molecule has 0 aliphatic rings. The van der Waals surface area contributed by atoms with Crippen LogP contribution in [0.1, 0.15) is 17.4 Å². The minimum atomic E-state index is 0.451. The van der Waals surface area contributed by atoms with E-state index in [1.807, 2.05) is 12.1 Å². The molecule has 0 fully saturated rings. The first-order valence-corrected chi connectivity index (χ1v) is 7.89. The fourth-order valence-corrected chi connectivity index (χ4v) is 3.30. The molecule has 0 aliphatic carbocycles. The summed E-state index contributed by atoms with van der Waals surface area (Å²) in [6, 6.07) is 10.7. The largest absolute Gasteiger partial charge is 0.309 e. The highest BCUT2D eigenvalue weighted by Crippen LogP contribution is 2.19. The molecule has 2 rings (SSSR count). The van der Waals surface area contributed by atoms with Crippen LogP contribution >= 0.6 is 38.9 Å². The van der Waals surface area contributed by atoms with Crippen molar-refractivity contribution in [2.45, 2.75) is 25.9 Å². The summed E-state index contributed by atoms with van der Waals surface area (Å²) in [5, 5.41) is 6.44. The second-order valence-electron chi connectivity index (χ2n) is 4.34. The molecule has 1 atom stereocenters. The van der Waals surface area contributed by atoms with Crippen molar-refractivity contribution in [3.63, 3.8) is 0 Å². The molecule has 0 radical (unpaired) electrons. The Morgan fingerprint density at radius 3 is 2.67 bits per heavy atom. The molecule has 1 nitrogen and oxygen atoms in total. The van der Waals surface area contributed by atoms with Gasteiger partial charge in [0.05, 0.1) is 0 Å². The number of halogens is 2. The molecule has 96 valence electrons. The molecule has 0 amide bonds. The van der Waals surface area contributed by atoms with Gasteiger partial charge >= 0.3 is 0 Å². The lowest BCUT2D eigenvalue weighted by Gasteiger charge is -2.13. The molecule has 0 saturated carbocycles. The summed E-state index contributed by atoms with van der Waals surface area (Å²) in [6.45, 7) is 3.13. The molecule has 1 N–H and O–H groups in total. The zero-order chi connectivity index (χ0) is 13.0. The Bertz CT molecular complexity index is 495. The molecular formula is C14H15BrClNS. The van der Waals surface area contributed by atoms with Gasteiger partial charge in [0.15, 0.2) is 0 Å². The zero-order valence-corrected chi connectivity index (χ0v) is 13.3. The van der Waals surface area contributed by atoms with Gasteiger partial charge in [-0.05, 0) is 53.0 Å². The summed E-state index contributed by atoms with van der Waals surface area (Å²) in [7, 11) is 0. The van der Waals surface area contributed by atoms with E-state index in [0.29, 0.717) is 6.04 Å². The monoisotopic (exact) mass is 343 g/mol. The highest BCUT2D eigenvalue weighted by atomic mass is 79.9. The van der Waals surface area contributed by atoms with Gasteiger partial charge in [-0.15, -0.1) is 11.3 Å². The molecule has 18 heavy (non-hydrogen) atoms. The molecule has 1 heterocycles. The van der Waals surface area contributed by atoms with Gasteiger partial charge in [-0.3, -0.25) is 0 Å². The maximum Gasteiger partial charge on any atom is 0.0406 e. The Hall–Kier alpha value is -0.350. The normalized spacial score (nSPS) is 12.6. The van der Waals surface area contributed by atoms with Crippen LogP contribution in [0.2, 0.25) is 5.02 Å². The Kier molecular flexibility index (Phi) is 5.25. The van der Waals surface area contributed by atoms with Crippen molar-refractivity contribution in [1.82, 2.24) is 5.32 Å². The van der Waals surface area contributed by atoms with E-state index in [4.69, 9.17) is 11.6 Å². The number of hydrogen-bond acceptors (Lipinski definition) is 2. The third-order valence-electron chi connectivity index (χ3n) is 2.70. The minimum absolute atomic E-state index is 0.451. The number of rotatable bonds is 5. The van der Waals surface area contributed by atoms with E-state index in [2.05, 4.69) is 51.7 Å². The molecule has 0 aliphatic heterocycles. The highest BCUT2D eigenvalue weighted by Gasteiger charge is 2.04. The van der Waals surface area contributed by atoms with Gasteiger partial charge in [0.25, 0.3) is 0 Å². The third kappa shape index (κ3) is 4.39. The Morgan fingerprint density at radius 2 is 2.06 bits per heavy atom. The van der Waals surface area contributed by atoms with Crippen LogP contribution in [0.15, 0.2) is 40.2 Å². The van der Waals surface area contributed by atoms with E-state index >= 15 is 0 Å². The molecule has 2 aromatic rings. The summed E-state index contributed by atoms with van der Waals surface area (Å²) in [6.07, 6.45) is 1.02. The Morgan fingerprint density at radius 1 is 1.33 bits per heavy atom. The standard InChI is InChI=1S/C14H15BrClNS/c1-10(6-11-2-4-13(16)5-3-11)17-8-14-7-12(15)9-18-14/h2-5,7,9-10,17H,6,8H2,1H3. The van der Waals surface area contributed by atoms with Crippen LogP contribution in [-0.4, -0.2) is 6.04 Å². The van der Waals surface area contributed by atoms with Crippen molar-refractivity contribution in [3.8, 4) is 0 Å². The maximum atomic E-state index is 5.87. The van der Waals surface area contributed by atoms with Gasteiger partial charge < -0.3 is 5.32 Å². The first kappa shape index (κ1) is 14.1. The van der Waals surface area contributed by atoms with Gasteiger partial charge in [0.1, 0.15) is 0 Å². The molecule has 1 aromatic carbocycles. The first-order chi connectivity index (χ1) is 8.63. The van der Waals surface area contributed by atoms with Gasteiger partial charge in [-0.2, -0.15) is 0 Å². The van der Waals surface area contributed by atoms with Gasteiger partial charge in [0, 0.05) is 32.3 Å². The van der Waals surface area contributed by atoms with Crippen LogP contribution in [-0.2, 0) is 13.0 Å². The fourth-order valence-electron chi connectivity index (χ4n) is 1.77. The number of benzene rings is 1. The van der Waals surface area contributed by atoms with Crippen molar-refractivity contribution >= 4 is 38.9 Å². The summed E-state index contributed by atoms with van der Waals surface area (Å²) < 4.78 is 1.16. The van der Waals surface area contributed by atoms with Crippen LogP contribution in [0.4, 0.5) is 0 Å². The van der Waals surface area contributed by atoms with Crippen LogP contribution < -0.4 is 5.32 Å². The minimum Gasteiger partial charge on any atom is -0.309 e. The first-order valence-electron chi connectivity index (χ1n) is 5.84. The summed E-state index contributed by atoms with van der Waals surface area (Å²) in [4.78, 5) is 1.35. The summed E-state index contributed by atoms with van der Waals surface area (Å²) in [5.41, 5.74) is 1.31. The molecule has 0 saturated heterocycles. The van der Waals surface area contributed by atoms with E-state index < -0.39 is 0 Å². The Balaban J connectivity index is 1.81. The van der Waals surface area contributed by atoms with Gasteiger partial charge in [-0.1, -0.05) is 23.7 Å². The molecule has 1 unspecified atom stereocenters. The number of thiophene rings is 1. The van der Waals surface area contributed by atoms with Crippen molar-refractivity contribution in [2.24, 2.45) is 0 Å². The average Bonchev–Trinajstić information content (AvgIpc) is 2.76. The van der Waals surface area contributed by atoms with E-state index in [0.717, 1.165) is 22.5 Å². The lowest BCUT2D eigenvalue weighted by atomic mass is 10.1. The lowest BCUT2D eigenvalue weighted by molar-refractivity contribution is 0.549. The van der Waals surface area contributed by atoms with Crippen molar-refractivity contribution in [2.75, 3.05) is 0 Å². The summed E-state index contributed by atoms with van der Waals surface area (Å²) in [5.74, 6) is 0. The fraction of sp³-hybridized carbons (Fsp3) is 0.286. The predicted molar refractivity (Wildman–Crippen MR) is 83.5 cm³/mol. The average molecular weight is 345 g/mol. The second kappa shape index (κ2) is 6.71.